The zero-order chi connectivity index (χ0) is 32.0. The van der Waals surface area contributed by atoms with Crippen LogP contribution in [-0.4, -0.2) is 76.7 Å². The van der Waals surface area contributed by atoms with Crippen molar-refractivity contribution in [3.8, 4) is 11.8 Å². The van der Waals surface area contributed by atoms with Crippen molar-refractivity contribution in [3.63, 3.8) is 0 Å². The van der Waals surface area contributed by atoms with Gasteiger partial charge in [-0.15, -0.1) is 0 Å². The van der Waals surface area contributed by atoms with Gasteiger partial charge in [0.15, 0.2) is 0 Å². The molecule has 1 fully saturated rings. The van der Waals surface area contributed by atoms with Crippen LogP contribution in [0.2, 0.25) is 0 Å². The molecule has 0 radical (unpaired) electrons. The van der Waals surface area contributed by atoms with Crippen molar-refractivity contribution in [2.24, 2.45) is 0 Å². The van der Waals surface area contributed by atoms with E-state index in [1.807, 2.05) is 63.5 Å². The van der Waals surface area contributed by atoms with Crippen molar-refractivity contribution in [2.45, 2.75) is 70.7 Å². The van der Waals surface area contributed by atoms with Gasteiger partial charge in [0.05, 0.1) is 25.4 Å². The SMILES string of the molecule is COc1cc(C(C)N2CC3(CC3)c3c(CN(C)C)cc(Cn4ccnc4N(C)C(=O)OC(C)(C)C)cc3C2=O)ncc1C#N. The lowest BCUT2D eigenvalue weighted by atomic mass is 9.81. The average Bonchev–Trinajstić information content (AvgIpc) is 3.58. The number of imidazole rings is 1. The van der Waals surface area contributed by atoms with Crippen LogP contribution in [0.15, 0.2) is 36.8 Å². The van der Waals surface area contributed by atoms with E-state index in [-0.39, 0.29) is 17.4 Å². The standard InChI is InChI=1S/C33H41N7O4/c1-21(26-15-27(43-8)24(16-34)17-36-26)40-20-33(9-10-33)28-23(19-37(5)6)13-22(14-25(28)29(40)41)18-39-12-11-35-30(39)38(7)31(42)44-32(2,3)4/h11-15,17,21H,9-10,18-20H2,1-8H3. The number of benzene rings is 1. The molecule has 1 spiro atoms. The molecule has 1 aliphatic heterocycles. The molecule has 1 aromatic carbocycles. The number of carbonyl (C=O) groups excluding carboxylic acids is 2. The van der Waals surface area contributed by atoms with E-state index in [9.17, 15) is 14.9 Å². The van der Waals surface area contributed by atoms with Crippen LogP contribution in [0.1, 0.15) is 84.9 Å². The van der Waals surface area contributed by atoms with Gasteiger partial charge in [-0.3, -0.25) is 14.7 Å². The summed E-state index contributed by atoms with van der Waals surface area (Å²) in [6.07, 6.45) is 6.50. The van der Waals surface area contributed by atoms with E-state index in [4.69, 9.17) is 9.47 Å². The first-order valence-corrected chi connectivity index (χ1v) is 14.8. The van der Waals surface area contributed by atoms with Crippen molar-refractivity contribution in [1.29, 1.82) is 5.26 Å². The molecule has 1 atom stereocenters. The van der Waals surface area contributed by atoms with Crippen LogP contribution in [0.5, 0.6) is 5.75 Å². The first-order chi connectivity index (χ1) is 20.8. The van der Waals surface area contributed by atoms with Gasteiger partial charge >= 0.3 is 6.09 Å². The van der Waals surface area contributed by atoms with Crippen LogP contribution in [-0.2, 0) is 23.2 Å². The number of ether oxygens (including phenoxy) is 2. The van der Waals surface area contributed by atoms with Crippen molar-refractivity contribution >= 4 is 17.9 Å². The second-order valence-corrected chi connectivity index (χ2v) is 13.1. The number of nitriles is 1. The maximum absolute atomic E-state index is 14.3. The van der Waals surface area contributed by atoms with E-state index in [2.05, 4.69) is 27.0 Å². The third kappa shape index (κ3) is 5.99. The van der Waals surface area contributed by atoms with Crippen molar-refractivity contribution in [3.05, 3.63) is 70.3 Å². The fourth-order valence-corrected chi connectivity index (χ4v) is 6.05. The number of amides is 2. The number of aromatic nitrogens is 3. The van der Waals surface area contributed by atoms with E-state index in [0.29, 0.717) is 48.2 Å². The van der Waals surface area contributed by atoms with E-state index >= 15 is 0 Å². The lowest BCUT2D eigenvalue weighted by Crippen LogP contribution is -2.45. The molecular formula is C33H41N7O4. The Morgan fingerprint density at radius 1 is 1.18 bits per heavy atom. The van der Waals surface area contributed by atoms with Crippen LogP contribution < -0.4 is 9.64 Å². The summed E-state index contributed by atoms with van der Waals surface area (Å²) in [4.78, 5) is 41.5. The monoisotopic (exact) mass is 599 g/mol. The van der Waals surface area contributed by atoms with E-state index in [1.165, 1.54) is 18.2 Å². The number of methoxy groups -OCH3 is 1. The minimum atomic E-state index is -0.636. The Morgan fingerprint density at radius 3 is 2.52 bits per heavy atom. The van der Waals surface area contributed by atoms with E-state index in [0.717, 1.165) is 29.5 Å². The Bertz CT molecular complexity index is 1630. The van der Waals surface area contributed by atoms with Crippen molar-refractivity contribution in [1.82, 2.24) is 24.3 Å². The molecule has 11 heteroatoms. The van der Waals surface area contributed by atoms with Crippen LogP contribution in [0.3, 0.4) is 0 Å². The quantitative estimate of drug-likeness (QED) is 0.359. The number of anilines is 1. The lowest BCUT2D eigenvalue weighted by molar-refractivity contribution is 0.0585. The molecule has 2 amide bonds. The molecule has 1 aliphatic carbocycles. The molecule has 44 heavy (non-hydrogen) atoms. The topological polar surface area (TPSA) is 117 Å². The normalized spacial score (nSPS) is 16.0. The van der Waals surface area contributed by atoms with Crippen LogP contribution >= 0.6 is 0 Å². The summed E-state index contributed by atoms with van der Waals surface area (Å²) in [5.41, 5.74) is 4.22. The molecule has 2 aliphatic rings. The summed E-state index contributed by atoms with van der Waals surface area (Å²) in [5.74, 6) is 0.847. The van der Waals surface area contributed by atoms with Gasteiger partial charge in [0.25, 0.3) is 5.91 Å². The zero-order valence-corrected chi connectivity index (χ0v) is 26.8. The number of pyridine rings is 1. The number of hydrogen-bond donors (Lipinski definition) is 0. The van der Waals surface area contributed by atoms with Gasteiger partial charge in [-0.1, -0.05) is 6.07 Å². The summed E-state index contributed by atoms with van der Waals surface area (Å²) in [7, 11) is 7.23. The van der Waals surface area contributed by atoms with Crippen molar-refractivity contribution in [2.75, 3.05) is 39.7 Å². The van der Waals surface area contributed by atoms with Crippen LogP contribution in [0.25, 0.3) is 0 Å². The Kier molecular flexibility index (Phi) is 8.16. The number of rotatable bonds is 8. The molecule has 0 bridgehead atoms. The highest BCUT2D eigenvalue weighted by Crippen LogP contribution is 2.55. The smallest absolute Gasteiger partial charge is 0.416 e. The Labute approximate surface area is 259 Å². The average molecular weight is 600 g/mol. The summed E-state index contributed by atoms with van der Waals surface area (Å²) >= 11 is 0. The molecule has 0 N–H and O–H groups in total. The maximum Gasteiger partial charge on any atom is 0.416 e. The van der Waals surface area contributed by atoms with Gasteiger partial charge in [0.2, 0.25) is 5.95 Å². The molecule has 5 rings (SSSR count). The first kappa shape index (κ1) is 31.0. The third-order valence-corrected chi connectivity index (χ3v) is 8.25. The number of carbonyl (C=O) groups is 2. The summed E-state index contributed by atoms with van der Waals surface area (Å²) < 4.78 is 12.9. The second kappa shape index (κ2) is 11.6. The zero-order valence-electron chi connectivity index (χ0n) is 26.8. The van der Waals surface area contributed by atoms with Crippen LogP contribution in [0, 0.1) is 11.3 Å². The molecule has 1 unspecified atom stereocenters. The fourth-order valence-electron chi connectivity index (χ4n) is 6.05. The van der Waals surface area contributed by atoms with E-state index in [1.54, 1.807) is 19.3 Å². The van der Waals surface area contributed by atoms with Crippen LogP contribution in [0.4, 0.5) is 10.7 Å². The molecule has 232 valence electrons. The molecular weight excluding hydrogens is 558 g/mol. The summed E-state index contributed by atoms with van der Waals surface area (Å²) in [6, 6.07) is 7.72. The van der Waals surface area contributed by atoms with E-state index < -0.39 is 11.7 Å². The number of hydrogen-bond acceptors (Lipinski definition) is 8. The van der Waals surface area contributed by atoms with Crippen molar-refractivity contribution < 1.29 is 19.1 Å². The predicted molar refractivity (Wildman–Crippen MR) is 166 cm³/mol. The van der Waals surface area contributed by atoms with Gasteiger partial charge in [-0.25, -0.2) is 9.78 Å². The molecule has 0 saturated heterocycles. The number of fused-ring (bicyclic) bond motifs is 2. The van der Waals surface area contributed by atoms with Gasteiger partial charge in [0.1, 0.15) is 23.0 Å². The van der Waals surface area contributed by atoms with Gasteiger partial charge in [-0.2, -0.15) is 5.26 Å². The third-order valence-electron chi connectivity index (χ3n) is 8.25. The molecule has 1 saturated carbocycles. The van der Waals surface area contributed by atoms with Gasteiger partial charge < -0.3 is 23.8 Å². The summed E-state index contributed by atoms with van der Waals surface area (Å²) in [6.45, 7) is 9.17. The Balaban J connectivity index is 1.52. The Hall–Kier alpha value is -4.43. The van der Waals surface area contributed by atoms with Gasteiger partial charge in [0, 0.05) is 55.8 Å². The highest BCUT2D eigenvalue weighted by Gasteiger charge is 2.53. The largest absolute Gasteiger partial charge is 0.495 e. The summed E-state index contributed by atoms with van der Waals surface area (Å²) in [5, 5.41) is 9.41. The van der Waals surface area contributed by atoms with Gasteiger partial charge in [-0.05, 0) is 77.4 Å². The molecule has 3 aromatic rings. The minimum Gasteiger partial charge on any atom is -0.495 e. The second-order valence-electron chi connectivity index (χ2n) is 13.1. The predicted octanol–water partition coefficient (Wildman–Crippen LogP) is 4.89. The molecule has 2 aromatic heterocycles. The minimum absolute atomic E-state index is 0.0475. The number of nitrogens with zero attached hydrogens (tertiary/aromatic N) is 7. The fraction of sp³-hybridized carbons (Fsp3) is 0.485. The highest BCUT2D eigenvalue weighted by molar-refractivity contribution is 5.99. The first-order valence-electron chi connectivity index (χ1n) is 14.8. The lowest BCUT2D eigenvalue weighted by Gasteiger charge is -2.40. The highest BCUT2D eigenvalue weighted by atomic mass is 16.6. The Morgan fingerprint density at radius 2 is 1.91 bits per heavy atom. The maximum atomic E-state index is 14.3. The molecule has 11 nitrogen and oxygen atoms in total. The molecule has 3 heterocycles.